The van der Waals surface area contributed by atoms with E-state index in [-0.39, 0.29) is 23.1 Å². The van der Waals surface area contributed by atoms with Gasteiger partial charge in [-0.05, 0) is 31.6 Å². The summed E-state index contributed by atoms with van der Waals surface area (Å²) in [5.41, 5.74) is 1.97. The van der Waals surface area contributed by atoms with Crippen LogP contribution in [0.3, 0.4) is 0 Å². The van der Waals surface area contributed by atoms with Crippen molar-refractivity contribution in [2.75, 3.05) is 0 Å². The lowest BCUT2D eigenvalue weighted by molar-refractivity contribution is 0.292. The molecule has 144 valence electrons. The molecule has 0 unspecified atom stereocenters. The summed E-state index contributed by atoms with van der Waals surface area (Å²) in [7, 11) is 0. The van der Waals surface area contributed by atoms with Crippen molar-refractivity contribution in [2.24, 2.45) is 0 Å². The fourth-order valence-corrected chi connectivity index (χ4v) is 2.86. The van der Waals surface area contributed by atoms with Crippen LogP contribution < -0.4 is 10.3 Å². The van der Waals surface area contributed by atoms with E-state index in [0.29, 0.717) is 23.1 Å². The summed E-state index contributed by atoms with van der Waals surface area (Å²) in [5.74, 6) is -1.54. The fraction of sp³-hybridized carbons (Fsp3) is 0.150. The molecule has 0 aliphatic carbocycles. The van der Waals surface area contributed by atoms with E-state index >= 15 is 0 Å². The van der Waals surface area contributed by atoms with Gasteiger partial charge in [-0.3, -0.25) is 19.3 Å². The Bertz CT molecular complexity index is 1130. The van der Waals surface area contributed by atoms with Gasteiger partial charge in [0.25, 0.3) is 5.56 Å². The molecule has 3 rings (SSSR count). The average Bonchev–Trinajstić information content (AvgIpc) is 2.66. The molecule has 3 aromatic heterocycles. The highest BCUT2D eigenvalue weighted by atomic mass is 35.5. The van der Waals surface area contributed by atoms with Crippen molar-refractivity contribution in [3.05, 3.63) is 86.8 Å². The van der Waals surface area contributed by atoms with E-state index in [1.807, 2.05) is 6.92 Å². The molecule has 0 N–H and O–H groups in total. The summed E-state index contributed by atoms with van der Waals surface area (Å²) in [6.07, 6.45) is 4.10. The van der Waals surface area contributed by atoms with Crippen molar-refractivity contribution in [3.8, 4) is 11.4 Å². The van der Waals surface area contributed by atoms with Gasteiger partial charge in [-0.1, -0.05) is 18.2 Å². The zero-order valence-corrected chi connectivity index (χ0v) is 15.9. The minimum atomic E-state index is -0.842. The number of aryl methyl sites for hydroxylation is 2. The summed E-state index contributed by atoms with van der Waals surface area (Å²) in [6, 6.07) is 4.00. The Morgan fingerprint density at radius 1 is 1.21 bits per heavy atom. The van der Waals surface area contributed by atoms with Crippen LogP contribution in [0.5, 0.6) is 5.75 Å². The minimum absolute atomic E-state index is 0.0848. The largest absolute Gasteiger partial charge is 0.485 e. The molecule has 8 heteroatoms. The van der Waals surface area contributed by atoms with E-state index in [0.717, 1.165) is 11.8 Å². The second kappa shape index (κ2) is 7.90. The number of rotatable bonds is 5. The number of aromatic nitrogens is 3. The maximum atomic E-state index is 13.7. The Kier molecular flexibility index (Phi) is 5.56. The van der Waals surface area contributed by atoms with Crippen molar-refractivity contribution in [3.63, 3.8) is 0 Å². The summed E-state index contributed by atoms with van der Waals surface area (Å²) in [6.45, 7) is 6.92. The lowest BCUT2D eigenvalue weighted by Gasteiger charge is -2.16. The molecule has 0 amide bonds. The molecule has 0 saturated carbocycles. The van der Waals surface area contributed by atoms with E-state index in [9.17, 15) is 13.6 Å². The first kappa shape index (κ1) is 19.7. The van der Waals surface area contributed by atoms with Gasteiger partial charge in [0.2, 0.25) is 0 Å². The quantitative estimate of drug-likeness (QED) is 0.633. The van der Waals surface area contributed by atoms with Crippen LogP contribution in [-0.4, -0.2) is 14.5 Å². The number of pyridine rings is 3. The molecule has 5 nitrogen and oxygen atoms in total. The van der Waals surface area contributed by atoms with Crippen LogP contribution in [0.25, 0.3) is 11.8 Å². The highest BCUT2D eigenvalue weighted by molar-refractivity contribution is 6.31. The maximum absolute atomic E-state index is 13.7. The van der Waals surface area contributed by atoms with Gasteiger partial charge in [-0.25, -0.2) is 8.78 Å². The molecule has 0 fully saturated rings. The van der Waals surface area contributed by atoms with Gasteiger partial charge in [0, 0.05) is 24.0 Å². The topological polar surface area (TPSA) is 57.0 Å². The molecular weight excluding hydrogens is 388 g/mol. The number of ether oxygens (including phenoxy) is 1. The first-order chi connectivity index (χ1) is 13.3. The van der Waals surface area contributed by atoms with Gasteiger partial charge < -0.3 is 4.74 Å². The zero-order chi connectivity index (χ0) is 20.4. The first-order valence-electron chi connectivity index (χ1n) is 8.26. The molecule has 28 heavy (non-hydrogen) atoms. The normalized spacial score (nSPS) is 10.8. The number of hydrogen-bond donors (Lipinski definition) is 0. The maximum Gasteiger partial charge on any atom is 0.277 e. The molecular formula is C20H16ClF2N3O2. The van der Waals surface area contributed by atoms with Crippen LogP contribution in [0.1, 0.15) is 22.6 Å². The Balaban J connectivity index is 1.99. The molecule has 0 radical (unpaired) electrons. The predicted molar refractivity (Wildman–Crippen MR) is 103 cm³/mol. The van der Waals surface area contributed by atoms with Crippen LogP contribution in [0.15, 0.2) is 42.0 Å². The monoisotopic (exact) mass is 403 g/mol. The van der Waals surface area contributed by atoms with Crippen molar-refractivity contribution in [2.45, 2.75) is 20.5 Å². The summed E-state index contributed by atoms with van der Waals surface area (Å²) in [5, 5.41) is -0.163. The van der Waals surface area contributed by atoms with Crippen molar-refractivity contribution < 1.29 is 13.5 Å². The number of halogens is 3. The van der Waals surface area contributed by atoms with Crippen molar-refractivity contribution in [1.29, 1.82) is 0 Å². The molecule has 0 spiro atoms. The van der Waals surface area contributed by atoms with E-state index < -0.39 is 17.2 Å². The highest BCUT2D eigenvalue weighted by Crippen LogP contribution is 2.25. The molecule has 0 aliphatic heterocycles. The number of nitrogens with zero attached hydrogens (tertiary/aromatic N) is 3. The average molecular weight is 404 g/mol. The molecule has 0 aromatic carbocycles. The van der Waals surface area contributed by atoms with Crippen molar-refractivity contribution in [1.82, 2.24) is 14.5 Å². The standard InChI is InChI=1S/C20H16ClF2N3O2/c1-4-14-7-17(11(2)8-24-14)26-12(3)5-18(19(21)20(26)27)28-10-16-15(23)6-13(22)9-25-16/h4-9H,1,10H2,2-3H3. The van der Waals surface area contributed by atoms with Crippen LogP contribution in [0.4, 0.5) is 8.78 Å². The predicted octanol–water partition coefficient (Wildman–Crippen LogP) is 4.40. The molecule has 0 atom stereocenters. The molecule has 3 aromatic rings. The summed E-state index contributed by atoms with van der Waals surface area (Å²) >= 11 is 6.21. The third-order valence-electron chi connectivity index (χ3n) is 4.09. The van der Waals surface area contributed by atoms with Gasteiger partial charge in [0.15, 0.2) is 5.82 Å². The number of hydrogen-bond acceptors (Lipinski definition) is 4. The van der Waals surface area contributed by atoms with Crippen molar-refractivity contribution >= 4 is 17.7 Å². The van der Waals surface area contributed by atoms with Crippen LogP contribution in [0.2, 0.25) is 5.02 Å². The smallest absolute Gasteiger partial charge is 0.277 e. The van der Waals surface area contributed by atoms with E-state index in [2.05, 4.69) is 16.5 Å². The first-order valence-corrected chi connectivity index (χ1v) is 8.64. The van der Waals surface area contributed by atoms with Gasteiger partial charge in [0.05, 0.1) is 17.6 Å². The van der Waals surface area contributed by atoms with Crippen LogP contribution >= 0.6 is 11.6 Å². The third-order valence-corrected chi connectivity index (χ3v) is 4.44. The SMILES string of the molecule is C=Cc1cc(-n2c(C)cc(OCc3ncc(F)cc3F)c(Cl)c2=O)c(C)cn1. The Hall–Kier alpha value is -3.06. The minimum Gasteiger partial charge on any atom is -0.485 e. The van der Waals surface area contributed by atoms with Gasteiger partial charge in [-0.15, -0.1) is 0 Å². The summed E-state index contributed by atoms with van der Waals surface area (Å²) < 4.78 is 33.6. The van der Waals surface area contributed by atoms with Gasteiger partial charge in [-0.2, -0.15) is 0 Å². The highest BCUT2D eigenvalue weighted by Gasteiger charge is 2.16. The van der Waals surface area contributed by atoms with Gasteiger partial charge in [0.1, 0.15) is 28.9 Å². The van der Waals surface area contributed by atoms with Crippen LogP contribution in [0, 0.1) is 25.5 Å². The Morgan fingerprint density at radius 3 is 2.64 bits per heavy atom. The van der Waals surface area contributed by atoms with Crippen LogP contribution in [-0.2, 0) is 6.61 Å². The van der Waals surface area contributed by atoms with E-state index in [1.54, 1.807) is 31.3 Å². The van der Waals surface area contributed by atoms with Gasteiger partial charge >= 0.3 is 0 Å². The Labute approximate surface area is 164 Å². The lowest BCUT2D eigenvalue weighted by atomic mass is 10.2. The molecule has 0 aliphatic rings. The Morgan fingerprint density at radius 2 is 1.96 bits per heavy atom. The molecule has 3 heterocycles. The lowest BCUT2D eigenvalue weighted by Crippen LogP contribution is -2.23. The zero-order valence-electron chi connectivity index (χ0n) is 15.2. The molecule has 0 saturated heterocycles. The van der Waals surface area contributed by atoms with E-state index in [1.165, 1.54) is 4.57 Å². The third kappa shape index (κ3) is 3.80. The fourth-order valence-electron chi connectivity index (χ4n) is 2.66. The van der Waals surface area contributed by atoms with E-state index in [4.69, 9.17) is 16.3 Å². The molecule has 0 bridgehead atoms. The second-order valence-corrected chi connectivity index (χ2v) is 6.45. The summed E-state index contributed by atoms with van der Waals surface area (Å²) in [4.78, 5) is 20.7. The second-order valence-electron chi connectivity index (χ2n) is 6.08.